The van der Waals surface area contributed by atoms with Gasteiger partial charge in [0.1, 0.15) is 11.5 Å². The van der Waals surface area contributed by atoms with Crippen LogP contribution in [0.3, 0.4) is 0 Å². The predicted octanol–water partition coefficient (Wildman–Crippen LogP) is 2.34. The maximum absolute atomic E-state index is 13.5. The molecule has 20 heavy (non-hydrogen) atoms. The van der Waals surface area contributed by atoms with Crippen molar-refractivity contribution in [3.63, 3.8) is 0 Å². The Morgan fingerprint density at radius 3 is 2.35 bits per heavy atom. The third-order valence-electron chi connectivity index (χ3n) is 2.57. The SMILES string of the molecule is COc1ccc(S(=O)(=O)Nc2ccc(O)cc2F)cc1. The van der Waals surface area contributed by atoms with Gasteiger partial charge in [-0.3, -0.25) is 4.72 Å². The van der Waals surface area contributed by atoms with E-state index >= 15 is 0 Å². The normalized spacial score (nSPS) is 11.1. The molecule has 0 saturated heterocycles. The summed E-state index contributed by atoms with van der Waals surface area (Å²) >= 11 is 0. The fraction of sp³-hybridized carbons (Fsp3) is 0.0769. The molecule has 0 heterocycles. The molecule has 106 valence electrons. The lowest BCUT2D eigenvalue weighted by Crippen LogP contribution is -2.13. The van der Waals surface area contributed by atoms with E-state index in [0.29, 0.717) is 5.75 Å². The highest BCUT2D eigenvalue weighted by Gasteiger charge is 2.16. The van der Waals surface area contributed by atoms with Crippen molar-refractivity contribution in [2.45, 2.75) is 4.90 Å². The summed E-state index contributed by atoms with van der Waals surface area (Å²) in [7, 11) is -2.43. The van der Waals surface area contributed by atoms with Crippen LogP contribution < -0.4 is 9.46 Å². The van der Waals surface area contributed by atoms with Crippen molar-refractivity contribution in [3.05, 3.63) is 48.3 Å². The van der Waals surface area contributed by atoms with Crippen LogP contribution in [0.25, 0.3) is 0 Å². The van der Waals surface area contributed by atoms with Crippen molar-refractivity contribution in [1.82, 2.24) is 0 Å². The molecule has 0 saturated carbocycles. The fourth-order valence-electron chi connectivity index (χ4n) is 1.55. The van der Waals surface area contributed by atoms with E-state index in [1.165, 1.54) is 37.4 Å². The van der Waals surface area contributed by atoms with Crippen molar-refractivity contribution >= 4 is 15.7 Å². The van der Waals surface area contributed by atoms with Crippen LogP contribution in [0.15, 0.2) is 47.4 Å². The zero-order valence-corrected chi connectivity index (χ0v) is 11.3. The fourth-order valence-corrected chi connectivity index (χ4v) is 2.61. The van der Waals surface area contributed by atoms with Gasteiger partial charge in [0.2, 0.25) is 0 Å². The Balaban J connectivity index is 2.30. The van der Waals surface area contributed by atoms with Gasteiger partial charge in [-0.05, 0) is 36.4 Å². The Labute approximate surface area is 115 Å². The number of nitrogens with one attached hydrogen (secondary N) is 1. The third kappa shape index (κ3) is 3.00. The summed E-state index contributed by atoms with van der Waals surface area (Å²) in [6.45, 7) is 0. The van der Waals surface area contributed by atoms with Crippen molar-refractivity contribution in [3.8, 4) is 11.5 Å². The number of anilines is 1. The molecule has 2 aromatic rings. The molecule has 0 aliphatic rings. The largest absolute Gasteiger partial charge is 0.508 e. The van der Waals surface area contributed by atoms with E-state index in [1.807, 2.05) is 0 Å². The lowest BCUT2D eigenvalue weighted by molar-refractivity contribution is 0.414. The number of benzene rings is 2. The van der Waals surface area contributed by atoms with E-state index in [2.05, 4.69) is 4.72 Å². The minimum Gasteiger partial charge on any atom is -0.508 e. The predicted molar refractivity (Wildman–Crippen MR) is 71.9 cm³/mol. The number of hydrogen-bond donors (Lipinski definition) is 2. The standard InChI is InChI=1S/C13H12FNO4S/c1-19-10-3-5-11(6-4-10)20(17,18)15-13-7-2-9(16)8-12(13)14/h2-8,15-16H,1H3. The number of sulfonamides is 1. The second-order valence-corrected chi connectivity index (χ2v) is 5.63. The molecule has 0 bridgehead atoms. The molecule has 0 unspecified atom stereocenters. The van der Waals surface area contributed by atoms with Gasteiger partial charge in [-0.25, -0.2) is 12.8 Å². The summed E-state index contributed by atoms with van der Waals surface area (Å²) in [6, 6.07) is 8.83. The van der Waals surface area contributed by atoms with Gasteiger partial charge in [-0.1, -0.05) is 0 Å². The second kappa shape index (κ2) is 5.38. The van der Waals surface area contributed by atoms with Gasteiger partial charge < -0.3 is 9.84 Å². The van der Waals surface area contributed by atoms with E-state index in [4.69, 9.17) is 9.84 Å². The van der Waals surface area contributed by atoms with Gasteiger partial charge >= 0.3 is 0 Å². The number of phenols is 1. The summed E-state index contributed by atoms with van der Waals surface area (Å²) in [5.41, 5.74) is -0.237. The van der Waals surface area contributed by atoms with Crippen LogP contribution in [0, 0.1) is 5.82 Å². The van der Waals surface area contributed by atoms with E-state index in [0.717, 1.165) is 12.1 Å². The topological polar surface area (TPSA) is 75.6 Å². The number of hydrogen-bond acceptors (Lipinski definition) is 4. The number of aromatic hydroxyl groups is 1. The molecule has 2 N–H and O–H groups in total. The smallest absolute Gasteiger partial charge is 0.261 e. The highest BCUT2D eigenvalue weighted by atomic mass is 32.2. The van der Waals surface area contributed by atoms with Gasteiger partial charge in [-0.2, -0.15) is 0 Å². The molecule has 0 aliphatic heterocycles. The quantitative estimate of drug-likeness (QED) is 0.849. The first kappa shape index (κ1) is 14.1. The van der Waals surface area contributed by atoms with E-state index in [-0.39, 0.29) is 16.3 Å². The molecule has 0 amide bonds. The van der Waals surface area contributed by atoms with Crippen molar-refractivity contribution in [2.24, 2.45) is 0 Å². The highest BCUT2D eigenvalue weighted by molar-refractivity contribution is 7.92. The maximum Gasteiger partial charge on any atom is 0.261 e. The molecular formula is C13H12FNO4S. The van der Waals surface area contributed by atoms with Crippen LogP contribution in [0.5, 0.6) is 11.5 Å². The second-order valence-electron chi connectivity index (χ2n) is 3.95. The third-order valence-corrected chi connectivity index (χ3v) is 3.95. The van der Waals surface area contributed by atoms with Gasteiger partial charge in [0.05, 0.1) is 17.7 Å². The molecule has 2 aromatic carbocycles. The van der Waals surface area contributed by atoms with Gasteiger partial charge in [0.15, 0.2) is 5.82 Å². The number of methoxy groups -OCH3 is 1. The summed E-state index contributed by atoms with van der Waals surface area (Å²) in [5.74, 6) is -0.628. The number of rotatable bonds is 4. The zero-order chi connectivity index (χ0) is 14.8. The monoisotopic (exact) mass is 297 g/mol. The molecule has 5 nitrogen and oxygen atoms in total. The Morgan fingerprint density at radius 1 is 1.15 bits per heavy atom. The number of halogens is 1. The van der Waals surface area contributed by atoms with E-state index in [9.17, 15) is 12.8 Å². The Kier molecular flexibility index (Phi) is 3.80. The van der Waals surface area contributed by atoms with Gasteiger partial charge in [0, 0.05) is 6.07 Å². The molecule has 2 rings (SSSR count). The Hall–Kier alpha value is -2.28. The summed E-state index contributed by atoms with van der Waals surface area (Å²) in [6.07, 6.45) is 0. The van der Waals surface area contributed by atoms with E-state index < -0.39 is 15.8 Å². The molecule has 0 radical (unpaired) electrons. The molecular weight excluding hydrogens is 285 g/mol. The maximum atomic E-state index is 13.5. The van der Waals surface area contributed by atoms with Gasteiger partial charge in [0.25, 0.3) is 10.0 Å². The van der Waals surface area contributed by atoms with Crippen molar-refractivity contribution in [1.29, 1.82) is 0 Å². The number of ether oxygens (including phenoxy) is 1. The summed E-state index contributed by atoms with van der Waals surface area (Å²) in [4.78, 5) is -0.0224. The average Bonchev–Trinajstić information content (AvgIpc) is 2.42. The highest BCUT2D eigenvalue weighted by Crippen LogP contribution is 2.23. The molecule has 0 fully saturated rings. The first-order valence-corrected chi connectivity index (χ1v) is 7.06. The van der Waals surface area contributed by atoms with Crippen molar-refractivity contribution in [2.75, 3.05) is 11.8 Å². The minimum absolute atomic E-state index is 0.0224. The van der Waals surface area contributed by atoms with Crippen LogP contribution in [-0.2, 0) is 10.0 Å². The summed E-state index contributed by atoms with van der Waals surface area (Å²) in [5, 5.41) is 9.08. The first-order valence-electron chi connectivity index (χ1n) is 5.58. The average molecular weight is 297 g/mol. The molecule has 0 atom stereocenters. The first-order chi connectivity index (χ1) is 9.42. The zero-order valence-electron chi connectivity index (χ0n) is 10.5. The molecule has 0 aromatic heterocycles. The Morgan fingerprint density at radius 2 is 1.80 bits per heavy atom. The van der Waals surface area contributed by atoms with Gasteiger partial charge in [-0.15, -0.1) is 0 Å². The molecule has 0 aliphatic carbocycles. The van der Waals surface area contributed by atoms with Crippen LogP contribution in [0.2, 0.25) is 0 Å². The van der Waals surface area contributed by atoms with Crippen LogP contribution in [-0.4, -0.2) is 20.6 Å². The van der Waals surface area contributed by atoms with E-state index in [1.54, 1.807) is 0 Å². The van der Waals surface area contributed by atoms with Crippen LogP contribution in [0.1, 0.15) is 0 Å². The lowest BCUT2D eigenvalue weighted by atomic mass is 10.3. The lowest BCUT2D eigenvalue weighted by Gasteiger charge is -2.09. The van der Waals surface area contributed by atoms with Crippen LogP contribution >= 0.6 is 0 Å². The molecule has 0 spiro atoms. The summed E-state index contributed by atoms with van der Waals surface area (Å²) < 4.78 is 44.7. The minimum atomic E-state index is -3.90. The molecule has 7 heteroatoms. The number of phenolic OH excluding ortho intramolecular Hbond substituents is 1. The van der Waals surface area contributed by atoms with Crippen molar-refractivity contribution < 1.29 is 22.7 Å². The Bertz CT molecular complexity index is 714. The van der Waals surface area contributed by atoms with Crippen LogP contribution in [0.4, 0.5) is 10.1 Å².